The molecular formula is C16H22FN3. The molecule has 0 fully saturated rings. The minimum atomic E-state index is -0.195. The van der Waals surface area contributed by atoms with Gasteiger partial charge in [0.25, 0.3) is 0 Å². The van der Waals surface area contributed by atoms with Crippen LogP contribution in [0.25, 0.3) is 0 Å². The summed E-state index contributed by atoms with van der Waals surface area (Å²) >= 11 is 0. The van der Waals surface area contributed by atoms with Crippen LogP contribution in [0.3, 0.4) is 0 Å². The highest BCUT2D eigenvalue weighted by Gasteiger charge is 2.14. The van der Waals surface area contributed by atoms with Gasteiger partial charge in [-0.05, 0) is 43.7 Å². The zero-order chi connectivity index (χ0) is 14.5. The van der Waals surface area contributed by atoms with Crippen molar-refractivity contribution in [2.45, 2.75) is 32.7 Å². The molecule has 2 aromatic rings. The predicted octanol–water partition coefficient (Wildman–Crippen LogP) is 3.15. The molecule has 1 aromatic carbocycles. The number of rotatable bonds is 6. The third-order valence-electron chi connectivity index (χ3n) is 3.43. The van der Waals surface area contributed by atoms with Crippen LogP contribution in [0, 0.1) is 12.7 Å². The zero-order valence-corrected chi connectivity index (χ0v) is 12.4. The molecule has 20 heavy (non-hydrogen) atoms. The summed E-state index contributed by atoms with van der Waals surface area (Å²) in [6, 6.07) is 9.03. The monoisotopic (exact) mass is 275 g/mol. The normalized spacial score (nSPS) is 12.6. The Hall–Kier alpha value is -1.68. The van der Waals surface area contributed by atoms with Crippen LogP contribution in [-0.2, 0) is 13.5 Å². The molecule has 0 amide bonds. The van der Waals surface area contributed by atoms with Gasteiger partial charge in [0, 0.05) is 25.2 Å². The zero-order valence-electron chi connectivity index (χ0n) is 12.4. The van der Waals surface area contributed by atoms with Crippen LogP contribution in [0.1, 0.15) is 36.3 Å². The minimum Gasteiger partial charge on any atom is -0.310 e. The molecule has 1 atom stereocenters. The molecule has 0 bridgehead atoms. The summed E-state index contributed by atoms with van der Waals surface area (Å²) in [5.41, 5.74) is 3.31. The number of aromatic nitrogens is 2. The largest absolute Gasteiger partial charge is 0.310 e. The van der Waals surface area contributed by atoms with E-state index in [2.05, 4.69) is 23.4 Å². The van der Waals surface area contributed by atoms with Gasteiger partial charge >= 0.3 is 0 Å². The van der Waals surface area contributed by atoms with E-state index >= 15 is 0 Å². The topological polar surface area (TPSA) is 29.9 Å². The molecule has 0 aliphatic heterocycles. The molecule has 0 spiro atoms. The van der Waals surface area contributed by atoms with Crippen molar-refractivity contribution in [1.82, 2.24) is 15.1 Å². The fourth-order valence-corrected chi connectivity index (χ4v) is 2.39. The molecule has 2 rings (SSSR count). The fraction of sp³-hybridized carbons (Fsp3) is 0.438. The van der Waals surface area contributed by atoms with E-state index in [9.17, 15) is 4.39 Å². The predicted molar refractivity (Wildman–Crippen MR) is 79.1 cm³/mol. The maximum Gasteiger partial charge on any atom is 0.123 e. The number of nitrogens with zero attached hydrogens (tertiary/aromatic N) is 2. The van der Waals surface area contributed by atoms with Crippen molar-refractivity contribution in [2.75, 3.05) is 6.54 Å². The molecule has 1 unspecified atom stereocenters. The van der Waals surface area contributed by atoms with Crippen LogP contribution in [0.2, 0.25) is 0 Å². The highest BCUT2D eigenvalue weighted by atomic mass is 19.1. The molecule has 0 radical (unpaired) electrons. The molecular weight excluding hydrogens is 253 g/mol. The summed E-state index contributed by atoms with van der Waals surface area (Å²) in [6.07, 6.45) is 1.92. The molecule has 0 saturated carbocycles. The Morgan fingerprint density at radius 1 is 1.30 bits per heavy atom. The van der Waals surface area contributed by atoms with Crippen molar-refractivity contribution in [2.24, 2.45) is 7.05 Å². The van der Waals surface area contributed by atoms with E-state index in [0.29, 0.717) is 0 Å². The molecule has 0 saturated heterocycles. The Labute approximate surface area is 119 Å². The van der Waals surface area contributed by atoms with Gasteiger partial charge in [-0.15, -0.1) is 0 Å². The number of halogens is 1. The van der Waals surface area contributed by atoms with Crippen molar-refractivity contribution >= 4 is 0 Å². The van der Waals surface area contributed by atoms with Gasteiger partial charge in [0.1, 0.15) is 5.82 Å². The average molecular weight is 275 g/mol. The van der Waals surface area contributed by atoms with Gasteiger partial charge in [0.2, 0.25) is 0 Å². The maximum absolute atomic E-state index is 13.1. The van der Waals surface area contributed by atoms with Gasteiger partial charge in [-0.1, -0.05) is 19.1 Å². The van der Waals surface area contributed by atoms with Crippen LogP contribution in [0.15, 0.2) is 30.3 Å². The van der Waals surface area contributed by atoms with Gasteiger partial charge in [0.05, 0.1) is 5.69 Å². The summed E-state index contributed by atoms with van der Waals surface area (Å²) in [7, 11) is 1.96. The minimum absolute atomic E-state index is 0.186. The first-order valence-electron chi connectivity index (χ1n) is 7.08. The Balaban J connectivity index is 2.18. The van der Waals surface area contributed by atoms with Crippen molar-refractivity contribution in [3.63, 3.8) is 0 Å². The number of hydrogen-bond acceptors (Lipinski definition) is 2. The second kappa shape index (κ2) is 6.66. The summed E-state index contributed by atoms with van der Waals surface area (Å²) < 4.78 is 15.0. The smallest absolute Gasteiger partial charge is 0.123 e. The van der Waals surface area contributed by atoms with Crippen molar-refractivity contribution in [3.8, 4) is 0 Å². The van der Waals surface area contributed by atoms with E-state index in [1.807, 2.05) is 30.8 Å². The molecule has 1 aromatic heterocycles. The van der Waals surface area contributed by atoms with E-state index < -0.39 is 0 Å². The third kappa shape index (κ3) is 3.67. The van der Waals surface area contributed by atoms with Crippen LogP contribution in [-0.4, -0.2) is 16.3 Å². The lowest BCUT2D eigenvalue weighted by atomic mass is 10.0. The highest BCUT2D eigenvalue weighted by molar-refractivity contribution is 5.22. The lowest BCUT2D eigenvalue weighted by Crippen LogP contribution is -2.25. The van der Waals surface area contributed by atoms with E-state index in [4.69, 9.17) is 0 Å². The quantitative estimate of drug-likeness (QED) is 0.877. The summed E-state index contributed by atoms with van der Waals surface area (Å²) in [4.78, 5) is 0. The first kappa shape index (κ1) is 14.7. The van der Waals surface area contributed by atoms with Gasteiger partial charge < -0.3 is 5.32 Å². The second-order valence-corrected chi connectivity index (χ2v) is 5.16. The fourth-order valence-electron chi connectivity index (χ4n) is 2.39. The summed E-state index contributed by atoms with van der Waals surface area (Å²) in [5.74, 6) is -0.195. The first-order chi connectivity index (χ1) is 9.60. The molecule has 3 nitrogen and oxygen atoms in total. The van der Waals surface area contributed by atoms with Crippen molar-refractivity contribution < 1.29 is 4.39 Å². The molecule has 108 valence electrons. The molecule has 1 heterocycles. The van der Waals surface area contributed by atoms with Crippen molar-refractivity contribution in [3.05, 3.63) is 53.1 Å². The van der Waals surface area contributed by atoms with Gasteiger partial charge in [0.15, 0.2) is 0 Å². The van der Waals surface area contributed by atoms with E-state index in [1.165, 1.54) is 17.8 Å². The Morgan fingerprint density at radius 2 is 2.00 bits per heavy atom. The van der Waals surface area contributed by atoms with Gasteiger partial charge in [-0.2, -0.15) is 5.10 Å². The van der Waals surface area contributed by atoms with Gasteiger partial charge in [-0.3, -0.25) is 4.68 Å². The molecule has 0 aliphatic rings. The van der Waals surface area contributed by atoms with Crippen molar-refractivity contribution in [1.29, 1.82) is 0 Å². The Morgan fingerprint density at radius 3 is 2.55 bits per heavy atom. The molecule has 4 heteroatoms. The van der Waals surface area contributed by atoms with Crippen LogP contribution in [0.5, 0.6) is 0 Å². The van der Waals surface area contributed by atoms with E-state index in [1.54, 1.807) is 0 Å². The summed E-state index contributed by atoms with van der Waals surface area (Å²) in [6.45, 7) is 5.08. The number of benzene rings is 1. The number of aryl methyl sites for hydroxylation is 2. The number of hydrogen-bond donors (Lipinski definition) is 1. The number of nitrogens with one attached hydrogen (secondary N) is 1. The molecule has 0 aliphatic carbocycles. The van der Waals surface area contributed by atoms with E-state index in [0.717, 1.165) is 30.6 Å². The standard InChI is InChI=1S/C16H22FN3/c1-4-9-18-16(13-5-7-14(17)8-6-13)11-15-10-12(2)19-20(15)3/h5-8,10,16,18H,4,9,11H2,1-3H3. The highest BCUT2D eigenvalue weighted by Crippen LogP contribution is 2.19. The van der Waals surface area contributed by atoms with Crippen LogP contribution in [0.4, 0.5) is 4.39 Å². The summed E-state index contributed by atoms with van der Waals surface area (Å²) in [5, 5.41) is 7.91. The molecule has 1 N–H and O–H groups in total. The lowest BCUT2D eigenvalue weighted by molar-refractivity contribution is 0.511. The Bertz CT molecular complexity index is 545. The second-order valence-electron chi connectivity index (χ2n) is 5.16. The first-order valence-corrected chi connectivity index (χ1v) is 7.08. The maximum atomic E-state index is 13.1. The lowest BCUT2D eigenvalue weighted by Gasteiger charge is -2.19. The third-order valence-corrected chi connectivity index (χ3v) is 3.43. The van der Waals surface area contributed by atoms with Crippen LogP contribution < -0.4 is 5.32 Å². The average Bonchev–Trinajstić information content (AvgIpc) is 2.74. The van der Waals surface area contributed by atoms with Gasteiger partial charge in [-0.25, -0.2) is 4.39 Å². The van der Waals surface area contributed by atoms with Crippen LogP contribution >= 0.6 is 0 Å². The van der Waals surface area contributed by atoms with E-state index in [-0.39, 0.29) is 11.9 Å². The Kier molecular flexibility index (Phi) is 4.90. The SMILES string of the molecule is CCCNC(Cc1cc(C)nn1C)c1ccc(F)cc1.